The highest BCUT2D eigenvalue weighted by molar-refractivity contribution is 7.73. The van der Waals surface area contributed by atoms with Gasteiger partial charge in [0.15, 0.2) is 0 Å². The number of hydrogen-bond donors (Lipinski definition) is 0. The van der Waals surface area contributed by atoms with E-state index in [-0.39, 0.29) is 7.92 Å². The molecule has 0 aliphatic rings. The van der Waals surface area contributed by atoms with Crippen molar-refractivity contribution in [1.29, 1.82) is 0 Å². The standard InChI is InChI=1S/C35H55P/c1-2-3-4-5-6-7-8-9-10-11-12-13-14-15-16-17-18-19-20-21-28-33-36(34-29-24-22-25-30-34)35-31-26-23-27-32-35/h18-19,22-27,29-32H,2-17,20-21,28,33H2,1H3/b19-18+. The molecule has 36 heavy (non-hydrogen) atoms. The zero-order valence-corrected chi connectivity index (χ0v) is 24.4. The fourth-order valence-electron chi connectivity index (χ4n) is 5.02. The van der Waals surface area contributed by atoms with Gasteiger partial charge in [0.2, 0.25) is 0 Å². The van der Waals surface area contributed by atoms with E-state index in [0.29, 0.717) is 0 Å². The van der Waals surface area contributed by atoms with Crippen molar-refractivity contribution in [3.63, 3.8) is 0 Å². The Morgan fingerprint density at radius 1 is 0.444 bits per heavy atom. The molecule has 0 amide bonds. The van der Waals surface area contributed by atoms with E-state index in [1.807, 2.05) is 0 Å². The Kier molecular flexibility index (Phi) is 19.5. The minimum Gasteiger partial charge on any atom is -0.0885 e. The molecule has 0 saturated heterocycles. The summed E-state index contributed by atoms with van der Waals surface area (Å²) in [5.41, 5.74) is 0. The maximum atomic E-state index is 2.44. The van der Waals surface area contributed by atoms with Gasteiger partial charge in [0.1, 0.15) is 0 Å². The lowest BCUT2D eigenvalue weighted by Gasteiger charge is -2.18. The van der Waals surface area contributed by atoms with Crippen molar-refractivity contribution in [1.82, 2.24) is 0 Å². The van der Waals surface area contributed by atoms with Crippen molar-refractivity contribution in [2.24, 2.45) is 0 Å². The van der Waals surface area contributed by atoms with Crippen LogP contribution in [0.1, 0.15) is 129 Å². The van der Waals surface area contributed by atoms with Crippen molar-refractivity contribution < 1.29 is 0 Å². The van der Waals surface area contributed by atoms with Crippen LogP contribution < -0.4 is 10.6 Å². The van der Waals surface area contributed by atoms with Crippen molar-refractivity contribution in [3.05, 3.63) is 72.8 Å². The molecule has 0 N–H and O–H groups in total. The molecular weight excluding hydrogens is 451 g/mol. The molecular formula is C35H55P. The van der Waals surface area contributed by atoms with Gasteiger partial charge in [-0.3, -0.25) is 0 Å². The summed E-state index contributed by atoms with van der Waals surface area (Å²) in [5.74, 6) is 0. The molecule has 0 saturated carbocycles. The molecule has 0 fully saturated rings. The molecule has 2 rings (SSSR count). The van der Waals surface area contributed by atoms with Crippen LogP contribution in [0.15, 0.2) is 72.8 Å². The largest absolute Gasteiger partial charge is 0.0885 e. The van der Waals surface area contributed by atoms with Crippen LogP contribution in [-0.4, -0.2) is 6.16 Å². The lowest BCUT2D eigenvalue weighted by atomic mass is 10.0. The van der Waals surface area contributed by atoms with Crippen LogP contribution in [0.2, 0.25) is 0 Å². The highest BCUT2D eigenvalue weighted by Crippen LogP contribution is 2.34. The van der Waals surface area contributed by atoms with E-state index >= 15 is 0 Å². The van der Waals surface area contributed by atoms with Gasteiger partial charge in [0.05, 0.1) is 0 Å². The molecule has 0 spiro atoms. The van der Waals surface area contributed by atoms with Crippen LogP contribution in [-0.2, 0) is 0 Å². The fourth-order valence-corrected chi connectivity index (χ4v) is 7.44. The third kappa shape index (κ3) is 15.7. The Balaban J connectivity index is 1.39. The number of allylic oxidation sites excluding steroid dienone is 2. The number of hydrogen-bond acceptors (Lipinski definition) is 0. The smallest absolute Gasteiger partial charge is 0.0195 e. The van der Waals surface area contributed by atoms with Crippen LogP contribution >= 0.6 is 7.92 Å². The maximum Gasteiger partial charge on any atom is -0.0195 e. The van der Waals surface area contributed by atoms with E-state index in [1.165, 1.54) is 139 Å². The average molecular weight is 507 g/mol. The molecule has 0 atom stereocenters. The van der Waals surface area contributed by atoms with Gasteiger partial charge < -0.3 is 0 Å². The SMILES string of the molecule is CCCCCCCCCCCCCCCCC/C=C/CCCCP(c1ccccc1)c1ccccc1. The molecule has 0 unspecified atom stereocenters. The predicted octanol–water partition coefficient (Wildman–Crippen LogP) is 11.1. The minimum atomic E-state index is -0.222. The van der Waals surface area contributed by atoms with Gasteiger partial charge in [0.25, 0.3) is 0 Å². The lowest BCUT2D eigenvalue weighted by molar-refractivity contribution is 0.533. The van der Waals surface area contributed by atoms with E-state index in [1.54, 1.807) is 0 Å². The van der Waals surface area contributed by atoms with Crippen LogP contribution in [0.5, 0.6) is 0 Å². The van der Waals surface area contributed by atoms with Crippen LogP contribution in [0.25, 0.3) is 0 Å². The second-order valence-electron chi connectivity index (χ2n) is 10.5. The second kappa shape index (κ2) is 22.8. The maximum absolute atomic E-state index is 2.44. The Morgan fingerprint density at radius 2 is 0.806 bits per heavy atom. The molecule has 0 heterocycles. The van der Waals surface area contributed by atoms with Gasteiger partial charge >= 0.3 is 0 Å². The van der Waals surface area contributed by atoms with Crippen molar-refractivity contribution in [3.8, 4) is 0 Å². The fraction of sp³-hybridized carbons (Fsp3) is 0.600. The zero-order valence-electron chi connectivity index (χ0n) is 23.5. The molecule has 0 bridgehead atoms. The van der Waals surface area contributed by atoms with Gasteiger partial charge in [-0.25, -0.2) is 0 Å². The summed E-state index contributed by atoms with van der Waals surface area (Å²) in [6.07, 6.45) is 33.0. The molecule has 0 aliphatic heterocycles. The monoisotopic (exact) mass is 506 g/mol. The van der Waals surface area contributed by atoms with Gasteiger partial charge in [-0.05, 0) is 56.8 Å². The second-order valence-corrected chi connectivity index (χ2v) is 12.9. The molecule has 200 valence electrons. The first-order valence-electron chi connectivity index (χ1n) is 15.4. The summed E-state index contributed by atoms with van der Waals surface area (Å²) in [5, 5.41) is 3.03. The lowest BCUT2D eigenvalue weighted by Crippen LogP contribution is -2.13. The van der Waals surface area contributed by atoms with E-state index in [4.69, 9.17) is 0 Å². The van der Waals surface area contributed by atoms with Crippen molar-refractivity contribution in [2.75, 3.05) is 6.16 Å². The van der Waals surface area contributed by atoms with E-state index in [2.05, 4.69) is 79.7 Å². The highest BCUT2D eigenvalue weighted by Gasteiger charge is 2.12. The van der Waals surface area contributed by atoms with E-state index < -0.39 is 0 Å². The molecule has 0 aliphatic carbocycles. The number of benzene rings is 2. The minimum absolute atomic E-state index is 0.222. The summed E-state index contributed by atoms with van der Waals surface area (Å²) in [4.78, 5) is 0. The van der Waals surface area contributed by atoms with Crippen molar-refractivity contribution >= 4 is 18.5 Å². The summed E-state index contributed by atoms with van der Waals surface area (Å²) >= 11 is 0. The Hall–Kier alpha value is -1.39. The van der Waals surface area contributed by atoms with Crippen LogP contribution in [0.3, 0.4) is 0 Å². The van der Waals surface area contributed by atoms with Gasteiger partial charge in [-0.15, -0.1) is 0 Å². The first kappa shape index (κ1) is 30.8. The molecule has 1 heteroatoms. The topological polar surface area (TPSA) is 0 Å². The van der Waals surface area contributed by atoms with E-state index in [9.17, 15) is 0 Å². The Bertz CT molecular complexity index is 696. The quantitative estimate of drug-likeness (QED) is 0.0798. The third-order valence-electron chi connectivity index (χ3n) is 7.28. The number of unbranched alkanes of at least 4 members (excludes halogenated alkanes) is 17. The first-order valence-corrected chi connectivity index (χ1v) is 17.0. The molecule has 0 radical (unpaired) electrons. The molecule has 2 aromatic rings. The predicted molar refractivity (Wildman–Crippen MR) is 166 cm³/mol. The molecule has 0 nitrogen and oxygen atoms in total. The zero-order chi connectivity index (χ0) is 25.4. The first-order chi connectivity index (χ1) is 17.9. The number of rotatable bonds is 23. The Labute approximate surface area is 226 Å². The summed E-state index contributed by atoms with van der Waals surface area (Å²) in [6.45, 7) is 2.30. The van der Waals surface area contributed by atoms with Crippen molar-refractivity contribution in [2.45, 2.75) is 129 Å². The summed E-state index contributed by atoms with van der Waals surface area (Å²) in [6, 6.07) is 22.3. The molecule has 2 aromatic carbocycles. The summed E-state index contributed by atoms with van der Waals surface area (Å²) < 4.78 is 0. The van der Waals surface area contributed by atoms with Gasteiger partial charge in [-0.1, -0.05) is 170 Å². The Morgan fingerprint density at radius 3 is 1.22 bits per heavy atom. The van der Waals surface area contributed by atoms with Gasteiger partial charge in [-0.2, -0.15) is 0 Å². The average Bonchev–Trinajstić information content (AvgIpc) is 2.92. The molecule has 0 aromatic heterocycles. The highest BCUT2D eigenvalue weighted by atomic mass is 31.1. The van der Waals surface area contributed by atoms with Gasteiger partial charge in [0, 0.05) is 0 Å². The summed E-state index contributed by atoms with van der Waals surface area (Å²) in [7, 11) is -0.222. The normalized spacial score (nSPS) is 11.6. The third-order valence-corrected chi connectivity index (χ3v) is 9.89. The van der Waals surface area contributed by atoms with E-state index in [0.717, 1.165) is 0 Å². The van der Waals surface area contributed by atoms with Crippen LogP contribution in [0, 0.1) is 0 Å². The van der Waals surface area contributed by atoms with Crippen LogP contribution in [0.4, 0.5) is 0 Å².